The molecule has 0 aliphatic carbocycles. The van der Waals surface area contributed by atoms with Crippen molar-refractivity contribution < 1.29 is 0 Å². The molecule has 17 heavy (non-hydrogen) atoms. The quantitative estimate of drug-likeness (QED) is 0.815. The van der Waals surface area contributed by atoms with Crippen molar-refractivity contribution in [3.8, 4) is 0 Å². The van der Waals surface area contributed by atoms with E-state index in [1.54, 1.807) is 0 Å². The fourth-order valence-corrected chi connectivity index (χ4v) is 2.69. The molecule has 1 aromatic rings. The lowest BCUT2D eigenvalue weighted by atomic mass is 10.1. The SMILES string of the molecule is NCCCC1CCCN1CCc1cccnc1. The van der Waals surface area contributed by atoms with Crippen LogP contribution in [0.25, 0.3) is 0 Å². The van der Waals surface area contributed by atoms with Crippen molar-refractivity contribution >= 4 is 0 Å². The molecule has 3 heteroatoms. The maximum absolute atomic E-state index is 5.59. The summed E-state index contributed by atoms with van der Waals surface area (Å²) in [4.78, 5) is 6.79. The van der Waals surface area contributed by atoms with Crippen LogP contribution in [0.3, 0.4) is 0 Å². The summed E-state index contributed by atoms with van der Waals surface area (Å²) in [6.45, 7) is 3.25. The van der Waals surface area contributed by atoms with E-state index in [1.807, 2.05) is 18.5 Å². The largest absolute Gasteiger partial charge is 0.330 e. The average Bonchev–Trinajstić information content (AvgIpc) is 2.82. The first-order valence-electron chi connectivity index (χ1n) is 6.73. The lowest BCUT2D eigenvalue weighted by molar-refractivity contribution is 0.243. The number of likely N-dealkylation sites (tertiary alicyclic amines) is 1. The molecule has 0 radical (unpaired) electrons. The monoisotopic (exact) mass is 233 g/mol. The highest BCUT2D eigenvalue weighted by molar-refractivity contribution is 5.08. The second-order valence-corrected chi connectivity index (χ2v) is 4.87. The normalized spacial score (nSPS) is 20.9. The van der Waals surface area contributed by atoms with Gasteiger partial charge in [-0.15, -0.1) is 0 Å². The van der Waals surface area contributed by atoms with Crippen molar-refractivity contribution in [2.24, 2.45) is 5.73 Å². The van der Waals surface area contributed by atoms with Gasteiger partial charge in [-0.05, 0) is 56.8 Å². The van der Waals surface area contributed by atoms with Crippen molar-refractivity contribution in [3.05, 3.63) is 30.1 Å². The standard InChI is InChI=1S/C14H23N3/c15-8-1-5-14-6-3-10-17(14)11-7-13-4-2-9-16-12-13/h2,4,9,12,14H,1,3,5-8,10-11,15H2. The predicted octanol–water partition coefficient (Wildman–Crippen LogP) is 1.83. The summed E-state index contributed by atoms with van der Waals surface area (Å²) >= 11 is 0. The Morgan fingerprint density at radius 2 is 2.41 bits per heavy atom. The Hall–Kier alpha value is -0.930. The molecular formula is C14H23N3. The van der Waals surface area contributed by atoms with E-state index in [1.165, 1.54) is 37.9 Å². The summed E-state index contributed by atoms with van der Waals surface area (Å²) in [5.41, 5.74) is 6.93. The number of hydrogen-bond acceptors (Lipinski definition) is 3. The van der Waals surface area contributed by atoms with Crippen LogP contribution in [-0.4, -0.2) is 35.6 Å². The van der Waals surface area contributed by atoms with Crippen LogP contribution in [0, 0.1) is 0 Å². The number of rotatable bonds is 6. The van der Waals surface area contributed by atoms with Crippen LogP contribution in [-0.2, 0) is 6.42 Å². The molecule has 0 spiro atoms. The molecule has 1 aliphatic heterocycles. The maximum atomic E-state index is 5.59. The highest BCUT2D eigenvalue weighted by atomic mass is 15.2. The summed E-state index contributed by atoms with van der Waals surface area (Å²) in [5, 5.41) is 0. The second kappa shape index (κ2) is 6.72. The molecule has 1 aromatic heterocycles. The summed E-state index contributed by atoms with van der Waals surface area (Å²) in [5.74, 6) is 0. The molecule has 0 amide bonds. The summed E-state index contributed by atoms with van der Waals surface area (Å²) in [6.07, 6.45) is 10.1. The zero-order chi connectivity index (χ0) is 11.9. The fourth-order valence-electron chi connectivity index (χ4n) is 2.69. The van der Waals surface area contributed by atoms with Crippen LogP contribution in [0.15, 0.2) is 24.5 Å². The zero-order valence-electron chi connectivity index (χ0n) is 10.5. The minimum Gasteiger partial charge on any atom is -0.330 e. The van der Waals surface area contributed by atoms with Crippen molar-refractivity contribution in [2.75, 3.05) is 19.6 Å². The van der Waals surface area contributed by atoms with Crippen molar-refractivity contribution in [3.63, 3.8) is 0 Å². The Morgan fingerprint density at radius 3 is 3.18 bits per heavy atom. The van der Waals surface area contributed by atoms with Gasteiger partial charge in [-0.1, -0.05) is 6.07 Å². The number of aromatic nitrogens is 1. The number of hydrogen-bond donors (Lipinski definition) is 1. The molecule has 1 atom stereocenters. The Labute approximate surface area is 104 Å². The average molecular weight is 233 g/mol. The lowest BCUT2D eigenvalue weighted by Gasteiger charge is -2.24. The van der Waals surface area contributed by atoms with Crippen molar-refractivity contribution in [2.45, 2.75) is 38.1 Å². The van der Waals surface area contributed by atoms with Crippen LogP contribution in [0.2, 0.25) is 0 Å². The van der Waals surface area contributed by atoms with Gasteiger partial charge in [-0.25, -0.2) is 0 Å². The number of nitrogens with two attached hydrogens (primary N) is 1. The van der Waals surface area contributed by atoms with E-state index in [4.69, 9.17) is 5.73 Å². The van der Waals surface area contributed by atoms with E-state index < -0.39 is 0 Å². The molecule has 1 fully saturated rings. The van der Waals surface area contributed by atoms with Crippen LogP contribution in [0.4, 0.5) is 0 Å². The molecule has 1 unspecified atom stereocenters. The Morgan fingerprint density at radius 1 is 1.47 bits per heavy atom. The minimum atomic E-state index is 0.773. The predicted molar refractivity (Wildman–Crippen MR) is 70.8 cm³/mol. The molecule has 1 saturated heterocycles. The Bertz CT molecular complexity index is 313. The number of pyridine rings is 1. The van der Waals surface area contributed by atoms with Gasteiger partial charge in [0.25, 0.3) is 0 Å². The van der Waals surface area contributed by atoms with Crippen molar-refractivity contribution in [1.29, 1.82) is 0 Å². The van der Waals surface area contributed by atoms with Gasteiger partial charge in [-0.3, -0.25) is 4.98 Å². The van der Waals surface area contributed by atoms with Gasteiger partial charge >= 0.3 is 0 Å². The second-order valence-electron chi connectivity index (χ2n) is 4.87. The molecule has 0 aromatic carbocycles. The zero-order valence-corrected chi connectivity index (χ0v) is 10.5. The van der Waals surface area contributed by atoms with E-state index in [2.05, 4.69) is 16.0 Å². The van der Waals surface area contributed by atoms with E-state index >= 15 is 0 Å². The van der Waals surface area contributed by atoms with E-state index in [9.17, 15) is 0 Å². The first kappa shape index (κ1) is 12.5. The van der Waals surface area contributed by atoms with Gasteiger partial charge in [0.2, 0.25) is 0 Å². The third kappa shape index (κ3) is 3.79. The lowest BCUT2D eigenvalue weighted by Crippen LogP contribution is -2.31. The minimum absolute atomic E-state index is 0.773. The summed E-state index contributed by atoms with van der Waals surface area (Å²) in [6, 6.07) is 4.96. The Kier molecular flexibility index (Phi) is 4.95. The van der Waals surface area contributed by atoms with Gasteiger partial charge in [0.15, 0.2) is 0 Å². The van der Waals surface area contributed by atoms with Gasteiger partial charge in [0.1, 0.15) is 0 Å². The van der Waals surface area contributed by atoms with Crippen LogP contribution in [0.1, 0.15) is 31.2 Å². The van der Waals surface area contributed by atoms with E-state index in [0.29, 0.717) is 0 Å². The molecular weight excluding hydrogens is 210 g/mol. The molecule has 2 heterocycles. The topological polar surface area (TPSA) is 42.1 Å². The molecule has 2 rings (SSSR count). The summed E-state index contributed by atoms with van der Waals surface area (Å²) in [7, 11) is 0. The third-order valence-corrected chi connectivity index (χ3v) is 3.65. The molecule has 0 saturated carbocycles. The molecule has 94 valence electrons. The first-order valence-corrected chi connectivity index (χ1v) is 6.73. The molecule has 1 aliphatic rings. The molecule has 3 nitrogen and oxygen atoms in total. The molecule has 2 N–H and O–H groups in total. The van der Waals surface area contributed by atoms with Crippen LogP contribution >= 0.6 is 0 Å². The fraction of sp³-hybridized carbons (Fsp3) is 0.643. The van der Waals surface area contributed by atoms with E-state index in [0.717, 1.165) is 25.4 Å². The summed E-state index contributed by atoms with van der Waals surface area (Å²) < 4.78 is 0. The van der Waals surface area contributed by atoms with Crippen molar-refractivity contribution in [1.82, 2.24) is 9.88 Å². The highest BCUT2D eigenvalue weighted by Crippen LogP contribution is 2.21. The van der Waals surface area contributed by atoms with Gasteiger partial charge in [0.05, 0.1) is 0 Å². The van der Waals surface area contributed by atoms with Crippen LogP contribution < -0.4 is 5.73 Å². The van der Waals surface area contributed by atoms with Crippen LogP contribution in [0.5, 0.6) is 0 Å². The van der Waals surface area contributed by atoms with E-state index in [-0.39, 0.29) is 0 Å². The smallest absolute Gasteiger partial charge is 0.0300 e. The molecule has 0 bridgehead atoms. The third-order valence-electron chi connectivity index (χ3n) is 3.65. The Balaban J connectivity index is 1.78. The van der Waals surface area contributed by atoms with Gasteiger partial charge in [-0.2, -0.15) is 0 Å². The highest BCUT2D eigenvalue weighted by Gasteiger charge is 2.23. The first-order chi connectivity index (χ1) is 8.40. The van der Waals surface area contributed by atoms with Gasteiger partial charge in [0, 0.05) is 25.0 Å². The van der Waals surface area contributed by atoms with Gasteiger partial charge < -0.3 is 10.6 Å². The number of nitrogens with zero attached hydrogens (tertiary/aromatic N) is 2. The maximum Gasteiger partial charge on any atom is 0.0300 e.